The molecule has 9 aromatic carbocycles. The molecule has 0 fully saturated rings. The molecular formula is C57H36N4S. The summed E-state index contributed by atoms with van der Waals surface area (Å²) in [5.41, 5.74) is 13.2. The van der Waals surface area contributed by atoms with Crippen LogP contribution >= 0.6 is 11.3 Å². The second kappa shape index (κ2) is 14.9. The average Bonchev–Trinajstić information content (AvgIpc) is 3.73. The van der Waals surface area contributed by atoms with Crippen molar-refractivity contribution in [1.82, 2.24) is 15.0 Å². The monoisotopic (exact) mass is 808 g/mol. The molecular weight excluding hydrogens is 773 g/mol. The minimum absolute atomic E-state index is 0.626. The highest BCUT2D eigenvalue weighted by atomic mass is 32.1. The average molecular weight is 809 g/mol. The van der Waals surface area contributed by atoms with Crippen LogP contribution in [-0.2, 0) is 0 Å². The van der Waals surface area contributed by atoms with Crippen molar-refractivity contribution in [3.05, 3.63) is 218 Å². The molecule has 11 aromatic rings. The van der Waals surface area contributed by atoms with Gasteiger partial charge in [-0.2, -0.15) is 0 Å². The Balaban J connectivity index is 0.981. The molecule has 0 spiro atoms. The zero-order valence-corrected chi connectivity index (χ0v) is 34.3. The van der Waals surface area contributed by atoms with Crippen LogP contribution in [0, 0.1) is 0 Å². The number of thiophene rings is 1. The van der Waals surface area contributed by atoms with Crippen LogP contribution in [0.3, 0.4) is 0 Å². The fraction of sp³-hybridized carbons (Fsp3) is 0. The first kappa shape index (κ1) is 35.9. The Bertz CT molecular complexity index is 3420. The van der Waals surface area contributed by atoms with Crippen LogP contribution in [0.5, 0.6) is 0 Å². The maximum Gasteiger partial charge on any atom is 0.164 e. The van der Waals surface area contributed by atoms with Gasteiger partial charge in [0.15, 0.2) is 17.5 Å². The third kappa shape index (κ3) is 6.35. The van der Waals surface area contributed by atoms with E-state index in [9.17, 15) is 0 Å². The molecule has 3 heterocycles. The molecule has 12 rings (SSSR count). The molecule has 0 amide bonds. The van der Waals surface area contributed by atoms with Crippen LogP contribution < -0.4 is 4.90 Å². The zero-order chi connectivity index (χ0) is 41.0. The third-order valence-electron chi connectivity index (χ3n) is 11.8. The number of hydrogen-bond donors (Lipinski definition) is 0. The molecule has 0 aliphatic carbocycles. The smallest absolute Gasteiger partial charge is 0.164 e. The van der Waals surface area contributed by atoms with Gasteiger partial charge in [0.25, 0.3) is 0 Å². The first-order valence-corrected chi connectivity index (χ1v) is 21.6. The normalized spacial score (nSPS) is 12.1. The molecule has 4 nitrogen and oxygen atoms in total. The van der Waals surface area contributed by atoms with Gasteiger partial charge in [-0.1, -0.05) is 164 Å². The topological polar surface area (TPSA) is 41.9 Å². The maximum atomic E-state index is 5.19. The molecule has 5 heteroatoms. The minimum atomic E-state index is 0.626. The van der Waals surface area contributed by atoms with E-state index in [1.807, 2.05) is 23.5 Å². The molecule has 1 aliphatic rings. The number of rotatable bonds is 7. The van der Waals surface area contributed by atoms with Crippen molar-refractivity contribution >= 4 is 59.7 Å². The highest BCUT2D eigenvalue weighted by Gasteiger charge is 2.23. The fourth-order valence-corrected chi connectivity index (χ4v) is 10.1. The molecule has 62 heavy (non-hydrogen) atoms. The van der Waals surface area contributed by atoms with Crippen molar-refractivity contribution in [3.63, 3.8) is 0 Å². The Labute approximate surface area is 363 Å². The summed E-state index contributed by atoms with van der Waals surface area (Å²) in [5, 5.41) is 5.08. The van der Waals surface area contributed by atoms with Gasteiger partial charge in [-0.3, -0.25) is 0 Å². The molecule has 0 N–H and O–H groups in total. The lowest BCUT2D eigenvalue weighted by Crippen LogP contribution is -2.11. The van der Waals surface area contributed by atoms with E-state index in [0.29, 0.717) is 17.5 Å². The molecule has 0 saturated carbocycles. The van der Waals surface area contributed by atoms with Crippen LogP contribution in [0.2, 0.25) is 0 Å². The number of aromatic nitrogens is 3. The van der Waals surface area contributed by atoms with Gasteiger partial charge in [0.1, 0.15) is 0 Å². The lowest BCUT2D eigenvalue weighted by atomic mass is 9.96. The van der Waals surface area contributed by atoms with E-state index in [2.05, 4.69) is 211 Å². The maximum absolute atomic E-state index is 5.19. The highest BCUT2D eigenvalue weighted by molar-refractivity contribution is 7.26. The van der Waals surface area contributed by atoms with Crippen molar-refractivity contribution in [3.8, 4) is 67.5 Å². The van der Waals surface area contributed by atoms with Gasteiger partial charge in [0.05, 0.1) is 10.4 Å². The van der Waals surface area contributed by atoms with Crippen molar-refractivity contribution in [1.29, 1.82) is 0 Å². The summed E-state index contributed by atoms with van der Waals surface area (Å²) in [4.78, 5) is 17.9. The first-order valence-electron chi connectivity index (χ1n) is 20.8. The molecule has 290 valence electrons. The van der Waals surface area contributed by atoms with Crippen LogP contribution in [0.4, 0.5) is 11.4 Å². The largest absolute Gasteiger partial charge is 0.315 e. The number of hydrogen-bond acceptors (Lipinski definition) is 5. The third-order valence-corrected chi connectivity index (χ3v) is 13.0. The SMILES string of the molecule is C1=CN(c2ccccc2)c2c3sc4cc(-c5cccc(-c6nc(-c7cccc(-c8ccccc8)c7)nc(-c7cccc(-c8ccccc8)c7)n6)c5)ccc4c3cc3cccc1c23. The second-order valence-corrected chi connectivity index (χ2v) is 16.7. The van der Waals surface area contributed by atoms with E-state index < -0.39 is 0 Å². The van der Waals surface area contributed by atoms with Crippen LogP contribution in [0.1, 0.15) is 5.56 Å². The molecule has 0 radical (unpaired) electrons. The molecule has 1 aliphatic heterocycles. The van der Waals surface area contributed by atoms with Gasteiger partial charge in [0, 0.05) is 49.4 Å². The van der Waals surface area contributed by atoms with Gasteiger partial charge in [0.2, 0.25) is 0 Å². The predicted molar refractivity (Wildman–Crippen MR) is 260 cm³/mol. The van der Waals surface area contributed by atoms with Crippen molar-refractivity contribution in [2.45, 2.75) is 0 Å². The summed E-state index contributed by atoms with van der Waals surface area (Å²) in [6, 6.07) is 73.0. The molecule has 2 aromatic heterocycles. The number of nitrogens with zero attached hydrogens (tertiary/aromatic N) is 4. The molecule has 0 unspecified atom stereocenters. The summed E-state index contributed by atoms with van der Waals surface area (Å²) in [7, 11) is 0. The molecule has 0 saturated heterocycles. The van der Waals surface area contributed by atoms with Crippen LogP contribution in [0.25, 0.3) is 105 Å². The van der Waals surface area contributed by atoms with E-state index in [-0.39, 0.29) is 0 Å². The van der Waals surface area contributed by atoms with Crippen LogP contribution in [-0.4, -0.2) is 15.0 Å². The number of para-hydroxylation sites is 1. The predicted octanol–water partition coefficient (Wildman–Crippen LogP) is 15.5. The van der Waals surface area contributed by atoms with E-state index in [4.69, 9.17) is 15.0 Å². The molecule has 0 bridgehead atoms. The summed E-state index contributed by atoms with van der Waals surface area (Å²) in [5.74, 6) is 1.88. The fourth-order valence-electron chi connectivity index (χ4n) is 8.81. The van der Waals surface area contributed by atoms with Crippen molar-refractivity contribution in [2.75, 3.05) is 4.90 Å². The van der Waals surface area contributed by atoms with E-state index in [1.54, 1.807) is 0 Å². The van der Waals surface area contributed by atoms with Crippen LogP contribution in [0.15, 0.2) is 212 Å². The zero-order valence-electron chi connectivity index (χ0n) is 33.5. The lowest BCUT2D eigenvalue weighted by molar-refractivity contribution is 1.07. The summed E-state index contributed by atoms with van der Waals surface area (Å²) in [6.07, 6.45) is 4.44. The Kier molecular flexibility index (Phi) is 8.65. The quantitative estimate of drug-likeness (QED) is 0.161. The van der Waals surface area contributed by atoms with Gasteiger partial charge in [-0.15, -0.1) is 11.3 Å². The Morgan fingerprint density at radius 2 is 0.855 bits per heavy atom. The van der Waals surface area contributed by atoms with E-state index >= 15 is 0 Å². The Morgan fingerprint density at radius 1 is 0.371 bits per heavy atom. The number of benzene rings is 9. The Hall–Kier alpha value is -7.99. The van der Waals surface area contributed by atoms with Crippen molar-refractivity contribution in [2.24, 2.45) is 0 Å². The highest BCUT2D eigenvalue weighted by Crippen LogP contribution is 2.49. The van der Waals surface area contributed by atoms with Gasteiger partial charge < -0.3 is 4.90 Å². The van der Waals surface area contributed by atoms with Gasteiger partial charge >= 0.3 is 0 Å². The number of anilines is 2. The summed E-state index contributed by atoms with van der Waals surface area (Å²) < 4.78 is 2.54. The van der Waals surface area contributed by atoms with E-state index in [0.717, 1.165) is 55.8 Å². The van der Waals surface area contributed by atoms with E-state index in [1.165, 1.54) is 42.2 Å². The summed E-state index contributed by atoms with van der Waals surface area (Å²) >= 11 is 1.87. The standard InChI is InChI=1S/C57H36N4S/c1-4-14-37(15-5-1)40-19-11-23-45(32-40)55-58-56(46-24-12-20-41(33-46)38-16-6-2-7-17-38)60-57(59-55)47-25-13-21-42(34-47)43-28-29-49-50-35-44-22-10-18-39-30-31-61(48-26-8-3-9-27-48)53(52(39)44)54(50)62-51(49)36-43/h1-36H. The summed E-state index contributed by atoms with van der Waals surface area (Å²) in [6.45, 7) is 0. The van der Waals surface area contributed by atoms with Gasteiger partial charge in [-0.05, 0) is 92.9 Å². The lowest BCUT2D eigenvalue weighted by Gasteiger charge is -2.27. The van der Waals surface area contributed by atoms with Crippen molar-refractivity contribution < 1.29 is 0 Å². The number of fused-ring (bicyclic) bond motifs is 4. The molecule has 0 atom stereocenters. The second-order valence-electron chi connectivity index (χ2n) is 15.7. The first-order chi connectivity index (χ1) is 30.7. The Morgan fingerprint density at radius 3 is 1.44 bits per heavy atom. The van der Waals surface area contributed by atoms with Gasteiger partial charge in [-0.25, -0.2) is 15.0 Å². The minimum Gasteiger partial charge on any atom is -0.315 e.